The second-order valence-electron chi connectivity index (χ2n) is 6.41. The van der Waals surface area contributed by atoms with Crippen LogP contribution in [0.3, 0.4) is 0 Å². The van der Waals surface area contributed by atoms with Crippen molar-refractivity contribution in [3.05, 3.63) is 28.2 Å². The van der Waals surface area contributed by atoms with Gasteiger partial charge < -0.3 is 10.1 Å². The molecule has 0 radical (unpaired) electrons. The summed E-state index contributed by atoms with van der Waals surface area (Å²) in [6.07, 6.45) is 1.94. The lowest BCUT2D eigenvalue weighted by atomic mass is 9.91. The van der Waals surface area contributed by atoms with E-state index in [4.69, 9.17) is 4.74 Å². The van der Waals surface area contributed by atoms with Crippen LogP contribution in [0.4, 0.5) is 10.5 Å². The number of carbonyl (C=O) groups is 1. The van der Waals surface area contributed by atoms with E-state index in [0.717, 1.165) is 23.2 Å². The third-order valence-corrected chi connectivity index (χ3v) is 4.09. The molecule has 4 nitrogen and oxygen atoms in total. The summed E-state index contributed by atoms with van der Waals surface area (Å²) in [5.41, 5.74) is 1.50. The highest BCUT2D eigenvalue weighted by Crippen LogP contribution is 2.30. The van der Waals surface area contributed by atoms with Gasteiger partial charge in [0.25, 0.3) is 0 Å². The van der Waals surface area contributed by atoms with Gasteiger partial charge in [-0.25, -0.2) is 4.79 Å². The Kier molecular flexibility index (Phi) is 5.27. The van der Waals surface area contributed by atoms with Gasteiger partial charge in [0.05, 0.1) is 5.69 Å². The number of carbonyl (C=O) groups excluding carboxylic acids is 1. The Morgan fingerprint density at radius 1 is 1.43 bits per heavy atom. The first-order valence-electron chi connectivity index (χ1n) is 7.35. The molecule has 1 heterocycles. The van der Waals surface area contributed by atoms with E-state index in [-0.39, 0.29) is 0 Å². The Balaban J connectivity index is 2.10. The van der Waals surface area contributed by atoms with E-state index in [1.165, 1.54) is 18.4 Å². The number of halogens is 1. The zero-order valence-electron chi connectivity index (χ0n) is 12.8. The van der Waals surface area contributed by atoms with Crippen molar-refractivity contribution in [2.75, 3.05) is 18.4 Å². The summed E-state index contributed by atoms with van der Waals surface area (Å²) in [5.74, 6) is 0.506. The first-order valence-corrected chi connectivity index (χ1v) is 8.14. The lowest BCUT2D eigenvalue weighted by Crippen LogP contribution is -2.29. The van der Waals surface area contributed by atoms with Crippen LogP contribution in [0.5, 0.6) is 0 Å². The van der Waals surface area contributed by atoms with Gasteiger partial charge in [-0.2, -0.15) is 0 Å². The quantitative estimate of drug-likeness (QED) is 0.833. The number of benzene rings is 1. The van der Waals surface area contributed by atoms with Crippen LogP contribution in [0, 0.1) is 0 Å². The van der Waals surface area contributed by atoms with Gasteiger partial charge in [-0.15, -0.1) is 0 Å². The fourth-order valence-electron chi connectivity index (χ4n) is 2.44. The summed E-state index contributed by atoms with van der Waals surface area (Å²) in [6, 6.07) is 6.13. The number of hydrogen-bond donors (Lipinski definition) is 2. The van der Waals surface area contributed by atoms with Gasteiger partial charge in [-0.1, -0.05) is 6.07 Å². The van der Waals surface area contributed by atoms with Crippen LogP contribution in [0.1, 0.15) is 45.1 Å². The molecule has 0 saturated carbocycles. The van der Waals surface area contributed by atoms with Crippen molar-refractivity contribution in [2.24, 2.45) is 0 Å². The van der Waals surface area contributed by atoms with E-state index in [1.54, 1.807) is 0 Å². The van der Waals surface area contributed by atoms with E-state index < -0.39 is 11.7 Å². The van der Waals surface area contributed by atoms with Crippen LogP contribution >= 0.6 is 15.9 Å². The topological polar surface area (TPSA) is 50.4 Å². The molecule has 1 saturated heterocycles. The second kappa shape index (κ2) is 6.79. The van der Waals surface area contributed by atoms with Crippen LogP contribution < -0.4 is 10.6 Å². The summed E-state index contributed by atoms with van der Waals surface area (Å²) in [7, 11) is 0. The molecule has 116 valence electrons. The van der Waals surface area contributed by atoms with Gasteiger partial charge in [-0.3, -0.25) is 5.32 Å². The molecule has 1 aromatic carbocycles. The number of ether oxygens (including phenoxy) is 1. The summed E-state index contributed by atoms with van der Waals surface area (Å²) in [4.78, 5) is 11.9. The third-order valence-electron chi connectivity index (χ3n) is 3.39. The van der Waals surface area contributed by atoms with Crippen molar-refractivity contribution in [1.29, 1.82) is 0 Å². The molecule has 0 spiro atoms. The molecule has 21 heavy (non-hydrogen) atoms. The molecular formula is C16H23BrN2O2. The predicted molar refractivity (Wildman–Crippen MR) is 88.8 cm³/mol. The smallest absolute Gasteiger partial charge is 0.412 e. The van der Waals surface area contributed by atoms with E-state index in [2.05, 4.69) is 32.6 Å². The third kappa shape index (κ3) is 5.00. The molecule has 1 unspecified atom stereocenters. The van der Waals surface area contributed by atoms with Crippen LogP contribution in [0.25, 0.3) is 0 Å². The number of nitrogens with one attached hydrogen (secondary N) is 2. The second-order valence-corrected chi connectivity index (χ2v) is 7.26. The van der Waals surface area contributed by atoms with Gasteiger partial charge in [0.15, 0.2) is 0 Å². The van der Waals surface area contributed by atoms with Crippen LogP contribution in [0.15, 0.2) is 22.7 Å². The summed E-state index contributed by atoms with van der Waals surface area (Å²) in [6.45, 7) is 7.65. The normalized spacial score (nSPS) is 19.1. The molecule has 1 fully saturated rings. The minimum Gasteiger partial charge on any atom is -0.444 e. The zero-order valence-corrected chi connectivity index (χ0v) is 14.4. The Morgan fingerprint density at radius 3 is 2.81 bits per heavy atom. The van der Waals surface area contributed by atoms with Crippen molar-refractivity contribution in [3.8, 4) is 0 Å². The maximum atomic E-state index is 11.9. The summed E-state index contributed by atoms with van der Waals surface area (Å²) < 4.78 is 6.16. The van der Waals surface area contributed by atoms with Gasteiger partial charge in [0, 0.05) is 11.0 Å². The van der Waals surface area contributed by atoms with Gasteiger partial charge >= 0.3 is 6.09 Å². The lowest BCUT2D eigenvalue weighted by Gasteiger charge is -2.24. The number of amides is 1. The average Bonchev–Trinajstić information content (AvgIpc) is 2.40. The first-order chi connectivity index (χ1) is 9.85. The largest absolute Gasteiger partial charge is 0.444 e. The number of anilines is 1. The Bertz CT molecular complexity index is 505. The van der Waals surface area contributed by atoms with E-state index >= 15 is 0 Å². The monoisotopic (exact) mass is 354 g/mol. The van der Waals surface area contributed by atoms with Crippen molar-refractivity contribution < 1.29 is 9.53 Å². The average molecular weight is 355 g/mol. The minimum absolute atomic E-state index is 0.429. The molecule has 1 amide bonds. The van der Waals surface area contributed by atoms with Crippen molar-refractivity contribution >= 4 is 27.7 Å². The highest BCUT2D eigenvalue weighted by atomic mass is 79.9. The number of piperidine rings is 1. The predicted octanol–water partition coefficient (Wildman–Crippen LogP) is 4.26. The molecule has 1 aromatic rings. The minimum atomic E-state index is -0.499. The molecular weight excluding hydrogens is 332 g/mol. The van der Waals surface area contributed by atoms with E-state index in [1.807, 2.05) is 32.9 Å². The van der Waals surface area contributed by atoms with Crippen LogP contribution in [0.2, 0.25) is 0 Å². The van der Waals surface area contributed by atoms with Gasteiger partial charge in [0.2, 0.25) is 0 Å². The highest BCUT2D eigenvalue weighted by Gasteiger charge is 2.19. The molecule has 2 rings (SSSR count). The molecule has 2 N–H and O–H groups in total. The number of rotatable bonds is 2. The van der Waals surface area contributed by atoms with Crippen molar-refractivity contribution in [1.82, 2.24) is 5.32 Å². The molecule has 5 heteroatoms. The molecule has 0 aromatic heterocycles. The van der Waals surface area contributed by atoms with Crippen LogP contribution in [-0.2, 0) is 4.74 Å². The first kappa shape index (κ1) is 16.3. The fourth-order valence-corrected chi connectivity index (χ4v) is 2.79. The van der Waals surface area contributed by atoms with Gasteiger partial charge in [-0.05, 0) is 79.7 Å². The summed E-state index contributed by atoms with van der Waals surface area (Å²) in [5, 5.41) is 6.23. The van der Waals surface area contributed by atoms with Crippen molar-refractivity contribution in [2.45, 2.75) is 45.1 Å². The Labute approximate surface area is 134 Å². The number of hydrogen-bond acceptors (Lipinski definition) is 3. The fraction of sp³-hybridized carbons (Fsp3) is 0.562. The Morgan fingerprint density at radius 2 is 2.19 bits per heavy atom. The van der Waals surface area contributed by atoms with Gasteiger partial charge in [0.1, 0.15) is 5.60 Å². The highest BCUT2D eigenvalue weighted by molar-refractivity contribution is 9.10. The SMILES string of the molecule is CC(C)(C)OC(=O)Nc1cc(C2CCCNC2)ccc1Br. The molecule has 1 aliphatic heterocycles. The van der Waals surface area contributed by atoms with E-state index in [9.17, 15) is 4.79 Å². The maximum Gasteiger partial charge on any atom is 0.412 e. The molecule has 0 bridgehead atoms. The standard InChI is InChI=1S/C16H23BrN2O2/c1-16(2,3)21-15(20)19-14-9-11(6-7-13(14)17)12-5-4-8-18-10-12/h6-7,9,12,18H,4-5,8,10H2,1-3H3,(H,19,20). The molecule has 0 aliphatic carbocycles. The molecule has 1 atom stereocenters. The van der Waals surface area contributed by atoms with Crippen LogP contribution in [-0.4, -0.2) is 24.8 Å². The Hall–Kier alpha value is -1.07. The summed E-state index contributed by atoms with van der Waals surface area (Å²) >= 11 is 3.48. The molecule has 1 aliphatic rings. The lowest BCUT2D eigenvalue weighted by molar-refractivity contribution is 0.0636. The van der Waals surface area contributed by atoms with E-state index in [0.29, 0.717) is 5.92 Å². The maximum absolute atomic E-state index is 11.9. The van der Waals surface area contributed by atoms with Crippen molar-refractivity contribution in [3.63, 3.8) is 0 Å². The zero-order chi connectivity index (χ0) is 15.5.